The van der Waals surface area contributed by atoms with Crippen molar-refractivity contribution < 1.29 is 33.8 Å². The molecule has 0 aromatic heterocycles. The van der Waals surface area contributed by atoms with Crippen LogP contribution in [0.1, 0.15) is 43.9 Å². The quantitative estimate of drug-likeness (QED) is 0.157. The number of alkyl carbamates (subject to hydrolysis) is 1. The topological polar surface area (TPSA) is 163 Å². The number of hydrogen-bond donors (Lipinski definition) is 6. The molecule has 0 spiro atoms. The van der Waals surface area contributed by atoms with Crippen LogP contribution < -0.4 is 21.3 Å². The number of hydrogen-bond acceptors (Lipinski definition) is 7. The van der Waals surface area contributed by atoms with Crippen LogP contribution in [0.5, 0.6) is 0 Å². The van der Waals surface area contributed by atoms with E-state index in [0.29, 0.717) is 17.0 Å². The predicted octanol–water partition coefficient (Wildman–Crippen LogP) is 2.89. The summed E-state index contributed by atoms with van der Waals surface area (Å²) in [5.74, 6) is -3.12. The molecule has 2 aromatic carbocycles. The number of nitrogens with one attached hydrogen (secondary N) is 4. The third kappa shape index (κ3) is 12.0. The normalized spacial score (nSPS) is 12.9. The lowest BCUT2D eigenvalue weighted by molar-refractivity contribution is -0.137. The van der Waals surface area contributed by atoms with E-state index in [4.69, 9.17) is 21.4 Å². The molecule has 3 atom stereocenters. The Labute approximate surface area is 255 Å². The van der Waals surface area contributed by atoms with E-state index in [2.05, 4.69) is 33.9 Å². The van der Waals surface area contributed by atoms with Gasteiger partial charge in [0.1, 0.15) is 18.1 Å². The summed E-state index contributed by atoms with van der Waals surface area (Å²) in [5, 5.41) is 20.0. The molecule has 5 N–H and O–H groups in total. The molecule has 0 bridgehead atoms. The van der Waals surface area contributed by atoms with Crippen LogP contribution in [0, 0.1) is 5.92 Å². The van der Waals surface area contributed by atoms with E-state index >= 15 is 0 Å². The Morgan fingerprint density at radius 1 is 0.881 bits per heavy atom. The van der Waals surface area contributed by atoms with Crippen LogP contribution in [0.4, 0.5) is 4.79 Å². The molecule has 2 rings (SSSR count). The number of carbonyl (C=O) groups is 5. The fourth-order valence-electron chi connectivity index (χ4n) is 3.75. The molecule has 0 aliphatic carbocycles. The maximum Gasteiger partial charge on any atom is 0.407 e. The lowest BCUT2D eigenvalue weighted by Gasteiger charge is -2.25. The summed E-state index contributed by atoms with van der Waals surface area (Å²) in [4.78, 5) is 62.9. The van der Waals surface area contributed by atoms with Gasteiger partial charge in [0.05, 0.1) is 6.61 Å². The minimum absolute atomic E-state index is 0.0242. The number of aliphatic carboxylic acids is 1. The molecule has 228 valence electrons. The second-order valence-corrected chi connectivity index (χ2v) is 10.6. The Morgan fingerprint density at radius 3 is 2.17 bits per heavy atom. The van der Waals surface area contributed by atoms with E-state index in [9.17, 15) is 24.0 Å². The van der Waals surface area contributed by atoms with Crippen molar-refractivity contribution in [2.24, 2.45) is 5.92 Å². The van der Waals surface area contributed by atoms with Gasteiger partial charge in [-0.25, -0.2) is 4.79 Å². The lowest BCUT2D eigenvalue weighted by Crippen LogP contribution is -2.54. The first-order valence-electron chi connectivity index (χ1n) is 13.4. The van der Waals surface area contributed by atoms with E-state index in [1.54, 1.807) is 36.4 Å². The Morgan fingerprint density at radius 2 is 1.55 bits per heavy atom. The summed E-state index contributed by atoms with van der Waals surface area (Å²) in [7, 11) is 0. The second-order valence-electron chi connectivity index (χ2n) is 9.85. The number of rotatable bonds is 16. The Bertz CT molecular complexity index is 1220. The predicted molar refractivity (Wildman–Crippen MR) is 161 cm³/mol. The Kier molecular flexibility index (Phi) is 14.7. The third-order valence-corrected chi connectivity index (χ3v) is 6.69. The molecule has 1 unspecified atom stereocenters. The summed E-state index contributed by atoms with van der Waals surface area (Å²) < 4.78 is 5.07. The van der Waals surface area contributed by atoms with Crippen molar-refractivity contribution in [3.8, 4) is 0 Å². The van der Waals surface area contributed by atoms with Gasteiger partial charge in [-0.05, 0) is 36.0 Å². The van der Waals surface area contributed by atoms with Crippen LogP contribution in [-0.4, -0.2) is 65.9 Å². The van der Waals surface area contributed by atoms with Gasteiger partial charge in [-0.2, -0.15) is 12.6 Å². The molecule has 0 saturated carbocycles. The van der Waals surface area contributed by atoms with Gasteiger partial charge < -0.3 is 31.1 Å². The minimum atomic E-state index is -1.30. The molecule has 0 radical (unpaired) electrons. The van der Waals surface area contributed by atoms with Gasteiger partial charge in [0.2, 0.25) is 17.7 Å². The monoisotopic (exact) mass is 620 g/mol. The molecule has 4 amide bonds. The third-order valence-electron chi connectivity index (χ3n) is 5.95. The molecule has 0 heterocycles. The Hall–Kier alpha value is -3.77. The summed E-state index contributed by atoms with van der Waals surface area (Å²) in [6.07, 6.45) is -1.07. The number of halogens is 1. The summed E-state index contributed by atoms with van der Waals surface area (Å²) in [5.41, 5.74) is 1.26. The summed E-state index contributed by atoms with van der Waals surface area (Å²) in [6.45, 7) is 4.04. The molecular weight excluding hydrogens is 584 g/mol. The largest absolute Gasteiger partial charge is 0.481 e. The zero-order valence-corrected chi connectivity index (χ0v) is 25.1. The van der Waals surface area contributed by atoms with Crippen molar-refractivity contribution in [2.75, 3.05) is 18.9 Å². The van der Waals surface area contributed by atoms with Gasteiger partial charge in [-0.15, -0.1) is 0 Å². The zero-order chi connectivity index (χ0) is 31.1. The molecule has 2 aromatic rings. The van der Waals surface area contributed by atoms with E-state index in [-0.39, 0.29) is 31.2 Å². The van der Waals surface area contributed by atoms with E-state index in [0.717, 1.165) is 5.56 Å². The number of thiol groups is 1. The maximum absolute atomic E-state index is 13.4. The van der Waals surface area contributed by atoms with Crippen LogP contribution in [0.25, 0.3) is 0 Å². The SMILES string of the molecule is CC(C)COC(=O)N[C@@H](CCC(=O)O)C(=O)NC(C(=O)N[C@@H](CS)C(=O)NCCc1ccccc1Cl)c1ccccc1. The molecule has 0 fully saturated rings. The van der Waals surface area contributed by atoms with Crippen LogP contribution in [-0.2, 0) is 30.3 Å². The van der Waals surface area contributed by atoms with Gasteiger partial charge in [0, 0.05) is 23.7 Å². The van der Waals surface area contributed by atoms with Gasteiger partial charge in [-0.3, -0.25) is 19.2 Å². The molecule has 0 aliphatic heterocycles. The van der Waals surface area contributed by atoms with Crippen molar-refractivity contribution in [1.82, 2.24) is 21.3 Å². The van der Waals surface area contributed by atoms with Crippen molar-refractivity contribution in [1.29, 1.82) is 0 Å². The first kappa shape index (κ1) is 34.4. The number of carboxylic acid groups (broad SMARTS) is 1. The Balaban J connectivity index is 2.13. The van der Waals surface area contributed by atoms with Gasteiger partial charge >= 0.3 is 12.1 Å². The van der Waals surface area contributed by atoms with Crippen molar-refractivity contribution in [3.05, 3.63) is 70.7 Å². The van der Waals surface area contributed by atoms with Crippen molar-refractivity contribution in [3.63, 3.8) is 0 Å². The van der Waals surface area contributed by atoms with E-state index < -0.39 is 54.3 Å². The fraction of sp³-hybridized carbons (Fsp3) is 0.414. The summed E-state index contributed by atoms with van der Waals surface area (Å²) in [6, 6.07) is 12.0. The highest BCUT2D eigenvalue weighted by molar-refractivity contribution is 7.80. The van der Waals surface area contributed by atoms with Crippen molar-refractivity contribution in [2.45, 2.75) is 51.2 Å². The van der Waals surface area contributed by atoms with Crippen LogP contribution in [0.15, 0.2) is 54.6 Å². The van der Waals surface area contributed by atoms with Crippen LogP contribution >= 0.6 is 24.2 Å². The van der Waals surface area contributed by atoms with Crippen molar-refractivity contribution >= 4 is 54.0 Å². The van der Waals surface area contributed by atoms with Gasteiger partial charge in [-0.1, -0.05) is 74.0 Å². The molecule has 0 saturated heterocycles. The lowest BCUT2D eigenvalue weighted by atomic mass is 10.0. The second kappa shape index (κ2) is 17.9. The number of carboxylic acids is 1. The fourth-order valence-corrected chi connectivity index (χ4v) is 4.23. The number of benzene rings is 2. The molecule has 0 aliphatic rings. The highest BCUT2D eigenvalue weighted by Crippen LogP contribution is 2.16. The average Bonchev–Trinajstić information content (AvgIpc) is 2.96. The van der Waals surface area contributed by atoms with E-state index in [1.165, 1.54) is 0 Å². The summed E-state index contributed by atoms with van der Waals surface area (Å²) >= 11 is 10.4. The maximum atomic E-state index is 13.4. The molecule has 13 heteroatoms. The standard InChI is InChI=1S/C29H37ClN4O7S/c1-18(2)16-41-29(40)33-22(12-13-24(35)36)27(38)34-25(20-9-4-3-5-10-20)28(39)32-23(17-42)26(37)31-15-14-19-8-6-7-11-21(19)30/h3-11,18,22-23,25,42H,12-17H2,1-2H3,(H,31,37)(H,32,39)(H,33,40)(H,34,38)(H,35,36)/t22-,23-,25?/m0/s1. The average molecular weight is 621 g/mol. The first-order valence-corrected chi connectivity index (χ1v) is 14.5. The van der Waals surface area contributed by atoms with Crippen LogP contribution in [0.3, 0.4) is 0 Å². The van der Waals surface area contributed by atoms with E-state index in [1.807, 2.05) is 32.0 Å². The van der Waals surface area contributed by atoms with Gasteiger partial charge in [0.25, 0.3) is 0 Å². The smallest absolute Gasteiger partial charge is 0.407 e. The molecular formula is C29H37ClN4O7S. The zero-order valence-electron chi connectivity index (χ0n) is 23.5. The number of carbonyl (C=O) groups excluding carboxylic acids is 4. The van der Waals surface area contributed by atoms with Gasteiger partial charge in [0.15, 0.2) is 0 Å². The highest BCUT2D eigenvalue weighted by Gasteiger charge is 2.31. The first-order chi connectivity index (χ1) is 20.0. The van der Waals surface area contributed by atoms with Crippen LogP contribution in [0.2, 0.25) is 5.02 Å². The highest BCUT2D eigenvalue weighted by atomic mass is 35.5. The molecule has 42 heavy (non-hydrogen) atoms. The molecule has 11 nitrogen and oxygen atoms in total. The number of amides is 4. The number of ether oxygens (including phenoxy) is 1. The minimum Gasteiger partial charge on any atom is -0.481 e.